The van der Waals surface area contributed by atoms with Gasteiger partial charge in [-0.2, -0.15) is 0 Å². The third kappa shape index (κ3) is 3.45. The van der Waals surface area contributed by atoms with E-state index in [4.69, 9.17) is 0 Å². The van der Waals surface area contributed by atoms with E-state index in [2.05, 4.69) is 4.99 Å². The second kappa shape index (κ2) is 6.65. The molecule has 3 rings (SSSR count). The molecule has 8 nitrogen and oxygen atoms in total. The lowest BCUT2D eigenvalue weighted by molar-refractivity contribution is -0.385. The zero-order valence-corrected chi connectivity index (χ0v) is 13.8. The molecule has 2 aromatic carbocycles. The lowest BCUT2D eigenvalue weighted by atomic mass is 10.1. The summed E-state index contributed by atoms with van der Waals surface area (Å²) < 4.78 is 1.79. The summed E-state index contributed by atoms with van der Waals surface area (Å²) in [5.74, 6) is 0. The molecule has 0 amide bonds. The first-order chi connectivity index (χ1) is 12.0. The number of non-ortho nitro benzene ring substituents is 2. The van der Waals surface area contributed by atoms with Crippen molar-refractivity contribution in [2.45, 2.75) is 0 Å². The second-order valence-corrected chi connectivity index (χ2v) is 6.00. The first kappa shape index (κ1) is 16.5. The van der Waals surface area contributed by atoms with E-state index in [1.54, 1.807) is 35.9 Å². The average molecular weight is 356 g/mol. The van der Waals surface area contributed by atoms with Crippen LogP contribution in [-0.4, -0.2) is 14.4 Å². The number of thiazole rings is 1. The standard InChI is InChI=1S/C16H12N4O4S/c1-18-15(11-4-2-6-13(8-11)19(21)22)10-25-16(18)17-12-5-3-7-14(9-12)20(23)24/h2-10H,1H3. The van der Waals surface area contributed by atoms with Gasteiger partial charge in [0.25, 0.3) is 11.4 Å². The van der Waals surface area contributed by atoms with Crippen LogP contribution in [0.5, 0.6) is 0 Å². The van der Waals surface area contributed by atoms with Gasteiger partial charge in [-0.15, -0.1) is 11.3 Å². The Balaban J connectivity index is 2.04. The highest BCUT2D eigenvalue weighted by atomic mass is 32.1. The van der Waals surface area contributed by atoms with Crippen molar-refractivity contribution in [3.8, 4) is 11.3 Å². The Kier molecular flexibility index (Phi) is 4.40. The zero-order chi connectivity index (χ0) is 18.0. The summed E-state index contributed by atoms with van der Waals surface area (Å²) in [7, 11) is 1.79. The summed E-state index contributed by atoms with van der Waals surface area (Å²) in [6, 6.07) is 12.4. The van der Waals surface area contributed by atoms with Crippen molar-refractivity contribution in [2.24, 2.45) is 12.0 Å². The molecule has 0 bridgehead atoms. The maximum atomic E-state index is 10.9. The van der Waals surface area contributed by atoms with Gasteiger partial charge >= 0.3 is 0 Å². The van der Waals surface area contributed by atoms with E-state index in [9.17, 15) is 20.2 Å². The Morgan fingerprint density at radius 1 is 1.00 bits per heavy atom. The highest BCUT2D eigenvalue weighted by Crippen LogP contribution is 2.24. The molecule has 0 aliphatic carbocycles. The number of benzene rings is 2. The van der Waals surface area contributed by atoms with Crippen LogP contribution in [0.4, 0.5) is 17.1 Å². The van der Waals surface area contributed by atoms with E-state index < -0.39 is 9.85 Å². The molecule has 0 N–H and O–H groups in total. The minimum absolute atomic E-state index is 0.0147. The van der Waals surface area contributed by atoms with E-state index in [-0.39, 0.29) is 11.4 Å². The fourth-order valence-corrected chi connectivity index (χ4v) is 3.22. The molecule has 9 heteroatoms. The number of hydrogen-bond donors (Lipinski definition) is 0. The zero-order valence-electron chi connectivity index (χ0n) is 13.0. The quantitative estimate of drug-likeness (QED) is 0.524. The number of nitro benzene ring substituents is 2. The number of hydrogen-bond acceptors (Lipinski definition) is 6. The van der Waals surface area contributed by atoms with Crippen molar-refractivity contribution in [2.75, 3.05) is 0 Å². The number of nitro groups is 2. The molecule has 25 heavy (non-hydrogen) atoms. The molecule has 1 heterocycles. The van der Waals surface area contributed by atoms with Gasteiger partial charge in [0.1, 0.15) is 0 Å². The molecular weight excluding hydrogens is 344 g/mol. The molecular formula is C16H12N4O4S. The van der Waals surface area contributed by atoms with Crippen molar-refractivity contribution in [3.63, 3.8) is 0 Å². The molecule has 0 atom stereocenters. The smallest absolute Gasteiger partial charge is 0.271 e. The van der Waals surface area contributed by atoms with E-state index in [1.165, 1.54) is 35.6 Å². The third-order valence-corrected chi connectivity index (χ3v) is 4.46. The van der Waals surface area contributed by atoms with Crippen molar-refractivity contribution in [1.82, 2.24) is 4.57 Å². The lowest BCUT2D eigenvalue weighted by Crippen LogP contribution is -2.10. The van der Waals surface area contributed by atoms with Crippen molar-refractivity contribution in [3.05, 3.63) is 78.9 Å². The number of nitrogens with zero attached hydrogens (tertiary/aromatic N) is 4. The Morgan fingerprint density at radius 3 is 2.32 bits per heavy atom. The Bertz CT molecular complexity index is 1040. The fourth-order valence-electron chi connectivity index (χ4n) is 2.30. The van der Waals surface area contributed by atoms with Crippen molar-refractivity contribution < 1.29 is 9.85 Å². The molecule has 0 aliphatic rings. The second-order valence-electron chi connectivity index (χ2n) is 5.16. The van der Waals surface area contributed by atoms with Crippen LogP contribution in [0.25, 0.3) is 11.3 Å². The van der Waals surface area contributed by atoms with Crippen LogP contribution < -0.4 is 4.80 Å². The molecule has 0 radical (unpaired) electrons. The average Bonchev–Trinajstić information content (AvgIpc) is 2.96. The normalized spacial score (nSPS) is 11.5. The Morgan fingerprint density at radius 2 is 1.64 bits per heavy atom. The molecule has 0 fully saturated rings. The fraction of sp³-hybridized carbons (Fsp3) is 0.0625. The monoisotopic (exact) mass is 356 g/mol. The summed E-state index contributed by atoms with van der Waals surface area (Å²) in [6.45, 7) is 0. The molecule has 0 saturated heterocycles. The van der Waals surface area contributed by atoms with Gasteiger partial charge in [-0.3, -0.25) is 20.2 Å². The predicted octanol–water partition coefficient (Wildman–Crippen LogP) is 3.80. The number of rotatable bonds is 4. The first-order valence-electron chi connectivity index (χ1n) is 7.14. The van der Waals surface area contributed by atoms with E-state index in [0.29, 0.717) is 16.1 Å². The van der Waals surface area contributed by atoms with Crippen LogP contribution in [0.2, 0.25) is 0 Å². The van der Waals surface area contributed by atoms with Crippen LogP contribution in [0.1, 0.15) is 0 Å². The van der Waals surface area contributed by atoms with Crippen molar-refractivity contribution >= 4 is 28.4 Å². The van der Waals surface area contributed by atoms with Gasteiger partial charge < -0.3 is 4.57 Å². The molecule has 3 aromatic rings. The van der Waals surface area contributed by atoms with Crippen LogP contribution in [-0.2, 0) is 7.05 Å². The van der Waals surface area contributed by atoms with E-state index in [0.717, 1.165) is 5.69 Å². The largest absolute Gasteiger partial charge is 0.320 e. The van der Waals surface area contributed by atoms with Crippen LogP contribution in [0, 0.1) is 20.2 Å². The molecule has 1 aromatic heterocycles. The molecule has 0 aliphatic heterocycles. The molecule has 0 spiro atoms. The molecule has 0 unspecified atom stereocenters. The SMILES string of the molecule is Cn1c(-c2cccc([N+](=O)[O-])c2)csc1=Nc1cccc([N+](=O)[O-])c1. The highest BCUT2D eigenvalue weighted by Gasteiger charge is 2.11. The van der Waals surface area contributed by atoms with E-state index >= 15 is 0 Å². The van der Waals surface area contributed by atoms with Gasteiger partial charge in [0.15, 0.2) is 4.80 Å². The third-order valence-electron chi connectivity index (χ3n) is 3.54. The van der Waals surface area contributed by atoms with Gasteiger partial charge in [0.05, 0.1) is 21.2 Å². The minimum atomic E-state index is -0.470. The lowest BCUT2D eigenvalue weighted by Gasteiger charge is -2.03. The van der Waals surface area contributed by atoms with Gasteiger partial charge in [0, 0.05) is 42.3 Å². The Hall–Kier alpha value is -3.33. The summed E-state index contributed by atoms with van der Waals surface area (Å²) in [5.41, 5.74) is 1.93. The predicted molar refractivity (Wildman–Crippen MR) is 93.7 cm³/mol. The highest BCUT2D eigenvalue weighted by molar-refractivity contribution is 7.07. The summed E-state index contributed by atoms with van der Waals surface area (Å²) in [5, 5.41) is 23.6. The topological polar surface area (TPSA) is 104 Å². The van der Waals surface area contributed by atoms with Gasteiger partial charge in [-0.25, -0.2) is 4.99 Å². The van der Waals surface area contributed by atoms with Gasteiger partial charge in [-0.05, 0) is 6.07 Å². The summed E-state index contributed by atoms with van der Waals surface area (Å²) >= 11 is 1.35. The van der Waals surface area contributed by atoms with Gasteiger partial charge in [-0.1, -0.05) is 18.2 Å². The maximum absolute atomic E-state index is 10.9. The van der Waals surface area contributed by atoms with Crippen LogP contribution in [0.3, 0.4) is 0 Å². The summed E-state index contributed by atoms with van der Waals surface area (Å²) in [4.78, 5) is 25.9. The molecule has 126 valence electrons. The maximum Gasteiger partial charge on any atom is 0.271 e. The van der Waals surface area contributed by atoms with Crippen LogP contribution in [0.15, 0.2) is 58.9 Å². The number of aromatic nitrogens is 1. The van der Waals surface area contributed by atoms with E-state index in [1.807, 2.05) is 5.38 Å². The van der Waals surface area contributed by atoms with Crippen molar-refractivity contribution in [1.29, 1.82) is 0 Å². The first-order valence-corrected chi connectivity index (χ1v) is 8.02. The van der Waals surface area contributed by atoms with Gasteiger partial charge in [0.2, 0.25) is 0 Å². The molecule has 0 saturated carbocycles. The minimum Gasteiger partial charge on any atom is -0.320 e. The Labute approximate surface area is 145 Å². The summed E-state index contributed by atoms with van der Waals surface area (Å²) in [6.07, 6.45) is 0. The van der Waals surface area contributed by atoms with Crippen LogP contribution >= 0.6 is 11.3 Å².